The molecule has 5 nitrogen and oxygen atoms in total. The Morgan fingerprint density at radius 1 is 1.05 bits per heavy atom. The molecule has 1 aromatic carbocycles. The molecule has 2 aromatic rings. The van der Waals surface area contributed by atoms with Crippen LogP contribution < -0.4 is 19.5 Å². The fraction of sp³-hybridized carbons (Fsp3) is 0.400. The SMILES string of the molecule is COc1cc(OC)c(CNCc2cnc(C)s2)c(OC)c1. The number of thiazole rings is 1. The van der Waals surface area contributed by atoms with E-state index in [2.05, 4.69) is 10.3 Å². The third kappa shape index (κ3) is 3.86. The summed E-state index contributed by atoms with van der Waals surface area (Å²) >= 11 is 1.69. The molecule has 114 valence electrons. The first kappa shape index (κ1) is 15.6. The maximum Gasteiger partial charge on any atom is 0.130 e. The van der Waals surface area contributed by atoms with Crippen molar-refractivity contribution in [3.8, 4) is 17.2 Å². The van der Waals surface area contributed by atoms with Crippen LogP contribution in [0.15, 0.2) is 18.3 Å². The average molecular weight is 308 g/mol. The lowest BCUT2D eigenvalue weighted by Crippen LogP contribution is -2.13. The summed E-state index contributed by atoms with van der Waals surface area (Å²) < 4.78 is 16.1. The van der Waals surface area contributed by atoms with E-state index in [-0.39, 0.29) is 0 Å². The normalized spacial score (nSPS) is 10.5. The summed E-state index contributed by atoms with van der Waals surface area (Å²) in [6, 6.07) is 3.72. The lowest BCUT2D eigenvalue weighted by molar-refractivity contribution is 0.366. The summed E-state index contributed by atoms with van der Waals surface area (Å²) in [5.41, 5.74) is 0.974. The molecule has 0 spiro atoms. The predicted molar refractivity (Wildman–Crippen MR) is 83.5 cm³/mol. The van der Waals surface area contributed by atoms with Crippen LogP contribution in [0.1, 0.15) is 15.4 Å². The molecule has 0 radical (unpaired) electrons. The lowest BCUT2D eigenvalue weighted by Gasteiger charge is -2.15. The van der Waals surface area contributed by atoms with Crippen LogP contribution in [0.3, 0.4) is 0 Å². The Morgan fingerprint density at radius 3 is 2.19 bits per heavy atom. The topological polar surface area (TPSA) is 52.6 Å². The number of rotatable bonds is 7. The summed E-state index contributed by atoms with van der Waals surface area (Å²) in [7, 11) is 4.91. The van der Waals surface area contributed by atoms with Gasteiger partial charge in [-0.3, -0.25) is 0 Å². The maximum absolute atomic E-state index is 5.43. The standard InChI is InChI=1S/C15H20N2O3S/c1-10-17-8-12(21-10)7-16-9-13-14(19-3)5-11(18-2)6-15(13)20-4/h5-6,8,16H,7,9H2,1-4H3. The van der Waals surface area contributed by atoms with E-state index in [0.29, 0.717) is 12.3 Å². The number of methoxy groups -OCH3 is 3. The molecule has 0 atom stereocenters. The van der Waals surface area contributed by atoms with Crippen molar-refractivity contribution < 1.29 is 14.2 Å². The summed E-state index contributed by atoms with van der Waals surface area (Å²) in [6.45, 7) is 3.42. The van der Waals surface area contributed by atoms with Crippen LogP contribution in [0.25, 0.3) is 0 Å². The molecular formula is C15H20N2O3S. The smallest absolute Gasteiger partial charge is 0.130 e. The summed E-state index contributed by atoms with van der Waals surface area (Å²) in [4.78, 5) is 5.45. The average Bonchev–Trinajstić information content (AvgIpc) is 2.92. The Balaban J connectivity index is 2.10. The highest BCUT2D eigenvalue weighted by molar-refractivity contribution is 7.11. The number of aromatic nitrogens is 1. The van der Waals surface area contributed by atoms with Crippen molar-refractivity contribution in [3.63, 3.8) is 0 Å². The minimum Gasteiger partial charge on any atom is -0.496 e. The van der Waals surface area contributed by atoms with Crippen LogP contribution in [0.5, 0.6) is 17.2 Å². The maximum atomic E-state index is 5.43. The first-order valence-corrected chi connectivity index (χ1v) is 7.40. The summed E-state index contributed by atoms with van der Waals surface area (Å²) in [6.07, 6.45) is 1.90. The van der Waals surface area contributed by atoms with E-state index >= 15 is 0 Å². The van der Waals surface area contributed by atoms with Gasteiger partial charge in [-0.25, -0.2) is 4.98 Å². The molecule has 0 saturated heterocycles. The first-order chi connectivity index (χ1) is 10.2. The summed E-state index contributed by atoms with van der Waals surface area (Å²) in [5, 5.41) is 4.46. The van der Waals surface area contributed by atoms with E-state index in [1.807, 2.05) is 25.3 Å². The van der Waals surface area contributed by atoms with E-state index in [1.54, 1.807) is 32.7 Å². The molecule has 0 amide bonds. The fourth-order valence-electron chi connectivity index (χ4n) is 2.05. The molecule has 1 N–H and O–H groups in total. The van der Waals surface area contributed by atoms with Gasteiger partial charge in [-0.1, -0.05) is 0 Å². The molecule has 1 heterocycles. The Bertz CT molecular complexity index is 573. The van der Waals surface area contributed by atoms with Gasteiger partial charge in [0.15, 0.2) is 0 Å². The number of nitrogens with one attached hydrogen (secondary N) is 1. The number of ether oxygens (including phenoxy) is 3. The number of hydrogen-bond acceptors (Lipinski definition) is 6. The zero-order valence-corrected chi connectivity index (χ0v) is 13.5. The fourth-order valence-corrected chi connectivity index (χ4v) is 2.81. The molecule has 1 aromatic heterocycles. The zero-order valence-electron chi connectivity index (χ0n) is 12.7. The van der Waals surface area contributed by atoms with Crippen molar-refractivity contribution >= 4 is 11.3 Å². The first-order valence-electron chi connectivity index (χ1n) is 6.58. The highest BCUT2D eigenvalue weighted by atomic mass is 32.1. The molecule has 0 unspecified atom stereocenters. The second kappa shape index (κ2) is 7.28. The minimum atomic E-state index is 0.646. The number of aryl methyl sites for hydroxylation is 1. The van der Waals surface area contributed by atoms with Crippen LogP contribution in [0, 0.1) is 6.92 Å². The van der Waals surface area contributed by atoms with Gasteiger partial charge in [0.05, 0.1) is 31.9 Å². The van der Waals surface area contributed by atoms with Gasteiger partial charge in [-0.2, -0.15) is 0 Å². The van der Waals surface area contributed by atoms with Crippen LogP contribution in [-0.4, -0.2) is 26.3 Å². The minimum absolute atomic E-state index is 0.646. The Morgan fingerprint density at radius 2 is 1.71 bits per heavy atom. The molecule has 0 saturated carbocycles. The third-order valence-electron chi connectivity index (χ3n) is 3.09. The highest BCUT2D eigenvalue weighted by Crippen LogP contribution is 2.33. The number of nitrogens with zero attached hydrogens (tertiary/aromatic N) is 1. The lowest BCUT2D eigenvalue weighted by atomic mass is 10.1. The van der Waals surface area contributed by atoms with E-state index < -0.39 is 0 Å². The van der Waals surface area contributed by atoms with Crippen molar-refractivity contribution in [2.24, 2.45) is 0 Å². The van der Waals surface area contributed by atoms with Crippen molar-refractivity contribution in [3.05, 3.63) is 33.8 Å². The van der Waals surface area contributed by atoms with Crippen molar-refractivity contribution in [2.45, 2.75) is 20.0 Å². The van der Waals surface area contributed by atoms with Crippen LogP contribution in [0.4, 0.5) is 0 Å². The molecular weight excluding hydrogens is 288 g/mol. The van der Waals surface area contributed by atoms with Crippen LogP contribution >= 0.6 is 11.3 Å². The molecule has 0 aliphatic heterocycles. The third-order valence-corrected chi connectivity index (χ3v) is 4.00. The van der Waals surface area contributed by atoms with Gasteiger partial charge >= 0.3 is 0 Å². The predicted octanol–water partition coefficient (Wildman–Crippen LogP) is 2.77. The van der Waals surface area contributed by atoms with Gasteiger partial charge < -0.3 is 19.5 Å². The molecule has 21 heavy (non-hydrogen) atoms. The molecule has 0 aliphatic carbocycles. The second-order valence-electron chi connectivity index (χ2n) is 4.46. The van der Waals surface area contributed by atoms with E-state index in [9.17, 15) is 0 Å². The highest BCUT2D eigenvalue weighted by Gasteiger charge is 2.13. The molecule has 2 rings (SSSR count). The summed E-state index contributed by atoms with van der Waals surface area (Å²) in [5.74, 6) is 2.21. The van der Waals surface area contributed by atoms with Gasteiger partial charge in [-0.05, 0) is 6.92 Å². The molecule has 0 fully saturated rings. The van der Waals surface area contributed by atoms with Crippen LogP contribution in [0.2, 0.25) is 0 Å². The Labute approximate surface area is 128 Å². The second-order valence-corrected chi connectivity index (χ2v) is 5.78. The largest absolute Gasteiger partial charge is 0.496 e. The van der Waals surface area contributed by atoms with Gasteiger partial charge in [0.1, 0.15) is 17.2 Å². The number of benzene rings is 1. The zero-order chi connectivity index (χ0) is 15.2. The van der Waals surface area contributed by atoms with Gasteiger partial charge in [0.2, 0.25) is 0 Å². The van der Waals surface area contributed by atoms with Gasteiger partial charge in [-0.15, -0.1) is 11.3 Å². The molecule has 0 aliphatic rings. The molecule has 0 bridgehead atoms. The Kier molecular flexibility index (Phi) is 5.41. The van der Waals surface area contributed by atoms with Crippen molar-refractivity contribution in [1.29, 1.82) is 0 Å². The van der Waals surface area contributed by atoms with Crippen LogP contribution in [-0.2, 0) is 13.1 Å². The van der Waals surface area contributed by atoms with Gasteiger partial charge in [0, 0.05) is 36.3 Å². The monoisotopic (exact) mass is 308 g/mol. The molecule has 6 heteroatoms. The van der Waals surface area contributed by atoms with Crippen molar-refractivity contribution in [2.75, 3.05) is 21.3 Å². The quantitative estimate of drug-likeness (QED) is 0.852. The van der Waals surface area contributed by atoms with E-state index in [1.165, 1.54) is 4.88 Å². The van der Waals surface area contributed by atoms with E-state index in [0.717, 1.165) is 28.6 Å². The van der Waals surface area contributed by atoms with E-state index in [4.69, 9.17) is 14.2 Å². The number of hydrogen-bond donors (Lipinski definition) is 1. The Hall–Kier alpha value is -1.79. The van der Waals surface area contributed by atoms with Crippen molar-refractivity contribution in [1.82, 2.24) is 10.3 Å². The van der Waals surface area contributed by atoms with Gasteiger partial charge in [0.25, 0.3) is 0 Å².